The molecule has 1 rings (SSSR count). The minimum absolute atomic E-state index is 0.0451. The largest absolute Gasteiger partial charge is 0.481 e. The Balaban J connectivity index is 2.81. The maximum Gasteiger partial charge on any atom is 0.303 e. The summed E-state index contributed by atoms with van der Waals surface area (Å²) in [5.41, 5.74) is 0.828. The Morgan fingerprint density at radius 3 is 2.50 bits per heavy atom. The number of rotatable bonds is 7. The third-order valence-electron chi connectivity index (χ3n) is 3.06. The molecule has 0 saturated heterocycles. The predicted octanol–water partition coefficient (Wildman–Crippen LogP) is 2.03. The molecule has 5 heteroatoms. The first-order valence-electron chi connectivity index (χ1n) is 6.73. The average Bonchev–Trinajstić information content (AvgIpc) is 2.37. The zero-order chi connectivity index (χ0) is 15.2. The summed E-state index contributed by atoms with van der Waals surface area (Å²) in [6, 6.07) is 7.28. The minimum Gasteiger partial charge on any atom is -0.481 e. The quantitative estimate of drug-likeness (QED) is 0.713. The Morgan fingerprint density at radius 1 is 1.25 bits per heavy atom. The lowest BCUT2D eigenvalue weighted by Crippen LogP contribution is -2.49. The maximum atomic E-state index is 12.2. The molecule has 0 aromatic heterocycles. The van der Waals surface area contributed by atoms with Crippen molar-refractivity contribution in [2.45, 2.75) is 39.2 Å². The van der Waals surface area contributed by atoms with Gasteiger partial charge in [0.05, 0.1) is 5.54 Å². The summed E-state index contributed by atoms with van der Waals surface area (Å²) in [5.74, 6) is -0.985. The van der Waals surface area contributed by atoms with Gasteiger partial charge in [0.2, 0.25) is 5.91 Å². The molecule has 0 atom stereocenters. The number of hydrogen-bond acceptors (Lipinski definition) is 3. The van der Waals surface area contributed by atoms with Crippen LogP contribution in [0, 0.1) is 0 Å². The Morgan fingerprint density at radius 2 is 1.90 bits per heavy atom. The number of amides is 1. The van der Waals surface area contributed by atoms with E-state index in [9.17, 15) is 9.59 Å². The Bertz CT molecular complexity index is 484. The second-order valence-electron chi connectivity index (χ2n) is 5.16. The van der Waals surface area contributed by atoms with Crippen LogP contribution in [0.2, 0.25) is 0 Å². The molecule has 1 aromatic carbocycles. The lowest BCUT2D eigenvalue weighted by atomic mass is 10.0. The van der Waals surface area contributed by atoms with Gasteiger partial charge in [-0.25, -0.2) is 0 Å². The lowest BCUT2D eigenvalue weighted by molar-refractivity contribution is -0.137. The first kappa shape index (κ1) is 16.2. The zero-order valence-corrected chi connectivity index (χ0v) is 12.2. The molecule has 0 heterocycles. The van der Waals surface area contributed by atoms with Crippen molar-refractivity contribution in [1.82, 2.24) is 5.32 Å². The van der Waals surface area contributed by atoms with Gasteiger partial charge in [-0.1, -0.05) is 25.1 Å². The Labute approximate surface area is 119 Å². The molecular weight excluding hydrogens is 256 g/mol. The van der Waals surface area contributed by atoms with E-state index in [4.69, 9.17) is 5.11 Å². The highest BCUT2D eigenvalue weighted by molar-refractivity contribution is 5.98. The van der Waals surface area contributed by atoms with E-state index in [1.54, 1.807) is 6.07 Å². The van der Waals surface area contributed by atoms with Gasteiger partial charge >= 0.3 is 5.97 Å². The van der Waals surface area contributed by atoms with Crippen LogP contribution in [0.3, 0.4) is 0 Å². The number of anilines is 1. The van der Waals surface area contributed by atoms with Crippen LogP contribution in [0.25, 0.3) is 0 Å². The second kappa shape index (κ2) is 7.05. The molecule has 0 bridgehead atoms. The number of nitrogens with one attached hydrogen (secondary N) is 2. The summed E-state index contributed by atoms with van der Waals surface area (Å²) < 4.78 is 0. The van der Waals surface area contributed by atoms with Crippen molar-refractivity contribution in [3.05, 3.63) is 29.8 Å². The van der Waals surface area contributed by atoms with Gasteiger partial charge in [-0.15, -0.1) is 0 Å². The summed E-state index contributed by atoms with van der Waals surface area (Å²) in [7, 11) is 0. The van der Waals surface area contributed by atoms with Gasteiger partial charge in [0, 0.05) is 12.1 Å². The number of para-hydroxylation sites is 1. The van der Waals surface area contributed by atoms with E-state index in [2.05, 4.69) is 10.6 Å². The van der Waals surface area contributed by atoms with Crippen molar-refractivity contribution >= 4 is 17.6 Å². The molecule has 5 nitrogen and oxygen atoms in total. The van der Waals surface area contributed by atoms with E-state index in [-0.39, 0.29) is 12.3 Å². The van der Waals surface area contributed by atoms with Gasteiger partial charge < -0.3 is 15.7 Å². The Hall–Kier alpha value is -1.88. The molecule has 0 radical (unpaired) electrons. The molecule has 20 heavy (non-hydrogen) atoms. The molecular formula is C15H22N2O3. The fourth-order valence-corrected chi connectivity index (χ4v) is 1.90. The summed E-state index contributed by atoms with van der Waals surface area (Å²) in [6.07, 6.45) is 0.441. The van der Waals surface area contributed by atoms with E-state index in [0.29, 0.717) is 18.7 Å². The number of carboxylic acid groups (broad SMARTS) is 1. The lowest BCUT2D eigenvalue weighted by Gasteiger charge is -2.25. The topological polar surface area (TPSA) is 78.4 Å². The monoisotopic (exact) mass is 278 g/mol. The van der Waals surface area contributed by atoms with Crippen molar-refractivity contribution in [3.63, 3.8) is 0 Å². The molecule has 0 aliphatic rings. The van der Waals surface area contributed by atoms with Gasteiger partial charge in [-0.2, -0.15) is 0 Å². The smallest absolute Gasteiger partial charge is 0.303 e. The summed E-state index contributed by atoms with van der Waals surface area (Å²) in [5, 5.41) is 14.7. The standard InChI is InChI=1S/C15H22N2O3/c1-4-16-15(2,3)14(20)17-12-8-6-5-7-11(12)9-10-13(18)19/h5-8,16H,4,9-10H2,1-3H3,(H,17,20)(H,18,19). The fraction of sp³-hybridized carbons (Fsp3) is 0.467. The number of benzene rings is 1. The molecule has 3 N–H and O–H groups in total. The number of carboxylic acids is 1. The van der Waals surface area contributed by atoms with E-state index in [0.717, 1.165) is 5.56 Å². The van der Waals surface area contributed by atoms with Gasteiger partial charge in [-0.3, -0.25) is 9.59 Å². The number of carbonyl (C=O) groups excluding carboxylic acids is 1. The Kier molecular flexibility index (Phi) is 5.70. The van der Waals surface area contributed by atoms with Gasteiger partial charge in [0.1, 0.15) is 0 Å². The molecule has 0 aliphatic heterocycles. The zero-order valence-electron chi connectivity index (χ0n) is 12.2. The van der Waals surface area contributed by atoms with E-state index >= 15 is 0 Å². The number of aliphatic carboxylic acids is 1. The van der Waals surface area contributed by atoms with Crippen molar-refractivity contribution in [2.24, 2.45) is 0 Å². The van der Waals surface area contributed by atoms with Gasteiger partial charge in [0.25, 0.3) is 0 Å². The normalized spacial score (nSPS) is 11.2. The van der Waals surface area contributed by atoms with Crippen LogP contribution in [-0.2, 0) is 16.0 Å². The predicted molar refractivity (Wildman–Crippen MR) is 78.8 cm³/mol. The summed E-state index contributed by atoms with van der Waals surface area (Å²) in [6.45, 7) is 6.26. The van der Waals surface area contributed by atoms with E-state index in [1.807, 2.05) is 39.0 Å². The third kappa shape index (κ3) is 4.66. The first-order chi connectivity index (χ1) is 9.36. The van der Waals surface area contributed by atoms with Crippen LogP contribution in [0.1, 0.15) is 32.8 Å². The third-order valence-corrected chi connectivity index (χ3v) is 3.06. The first-order valence-corrected chi connectivity index (χ1v) is 6.73. The summed E-state index contributed by atoms with van der Waals surface area (Å²) in [4.78, 5) is 22.9. The molecule has 0 spiro atoms. The van der Waals surface area contributed by atoms with Crippen LogP contribution in [-0.4, -0.2) is 29.1 Å². The van der Waals surface area contributed by atoms with Crippen LogP contribution in [0.5, 0.6) is 0 Å². The van der Waals surface area contributed by atoms with Crippen molar-refractivity contribution in [1.29, 1.82) is 0 Å². The highest BCUT2D eigenvalue weighted by Gasteiger charge is 2.26. The number of likely N-dealkylation sites (N-methyl/N-ethyl adjacent to an activating group) is 1. The number of carbonyl (C=O) groups is 2. The van der Waals surface area contributed by atoms with Crippen LogP contribution >= 0.6 is 0 Å². The number of hydrogen-bond donors (Lipinski definition) is 3. The highest BCUT2D eigenvalue weighted by Crippen LogP contribution is 2.18. The maximum absolute atomic E-state index is 12.2. The van der Waals surface area contributed by atoms with E-state index < -0.39 is 11.5 Å². The minimum atomic E-state index is -0.848. The van der Waals surface area contributed by atoms with Crippen molar-refractivity contribution < 1.29 is 14.7 Å². The average molecular weight is 278 g/mol. The van der Waals surface area contributed by atoms with Crippen LogP contribution in [0.4, 0.5) is 5.69 Å². The van der Waals surface area contributed by atoms with Crippen molar-refractivity contribution in [2.75, 3.05) is 11.9 Å². The van der Waals surface area contributed by atoms with Crippen LogP contribution < -0.4 is 10.6 Å². The van der Waals surface area contributed by atoms with Crippen LogP contribution in [0.15, 0.2) is 24.3 Å². The SMILES string of the molecule is CCNC(C)(C)C(=O)Nc1ccccc1CCC(=O)O. The second-order valence-corrected chi connectivity index (χ2v) is 5.16. The summed E-state index contributed by atoms with van der Waals surface area (Å²) >= 11 is 0. The molecule has 1 amide bonds. The highest BCUT2D eigenvalue weighted by atomic mass is 16.4. The van der Waals surface area contributed by atoms with Crippen molar-refractivity contribution in [3.8, 4) is 0 Å². The molecule has 110 valence electrons. The molecule has 0 fully saturated rings. The molecule has 1 aromatic rings. The van der Waals surface area contributed by atoms with E-state index in [1.165, 1.54) is 0 Å². The van der Waals surface area contributed by atoms with Gasteiger partial charge in [0.15, 0.2) is 0 Å². The van der Waals surface area contributed by atoms with Gasteiger partial charge in [-0.05, 0) is 38.4 Å². The molecule has 0 aliphatic carbocycles. The molecule has 0 unspecified atom stereocenters. The number of aryl methyl sites for hydroxylation is 1. The molecule has 0 saturated carbocycles. The fourth-order valence-electron chi connectivity index (χ4n) is 1.90.